The van der Waals surface area contributed by atoms with E-state index in [2.05, 4.69) is 0 Å². The summed E-state index contributed by atoms with van der Waals surface area (Å²) in [5.41, 5.74) is 0. The fourth-order valence-corrected chi connectivity index (χ4v) is 0. The minimum atomic E-state index is -1.79. The molecule has 0 heterocycles. The van der Waals surface area contributed by atoms with Gasteiger partial charge in [0.05, 0.1) is 0 Å². The van der Waals surface area contributed by atoms with Gasteiger partial charge in [-0.05, 0) is 0 Å². The van der Waals surface area contributed by atoms with Crippen LogP contribution in [0, 0.1) is 0 Å². The van der Waals surface area contributed by atoms with Crippen LogP contribution in [0.4, 0.5) is 0 Å². The summed E-state index contributed by atoms with van der Waals surface area (Å²) < 4.78 is 16.9. The van der Waals surface area contributed by atoms with Crippen LogP contribution in [0.2, 0.25) is 0 Å². The average Bonchev–Trinajstić information content (AvgIpc) is 0.918. The molecule has 2 nitrogen and oxygen atoms in total. The van der Waals surface area contributed by atoms with Crippen molar-refractivity contribution in [3.05, 3.63) is 0 Å². The zero-order valence-corrected chi connectivity index (χ0v) is 4.28. The molecular weight excluding hydrogens is 192 g/mol. The molecule has 0 bridgehead atoms. The fourth-order valence-electron chi connectivity index (χ4n) is 0. The Morgan fingerprint density at radius 3 is 1.25 bits per heavy atom. The fraction of sp³-hybridized carbons (Fsp3) is 0. The summed E-state index contributed by atoms with van der Waals surface area (Å²) >= 11 is -1.79. The van der Waals surface area contributed by atoms with E-state index in [1.54, 1.807) is 0 Å². The average molecular weight is 192 g/mol. The summed E-state index contributed by atoms with van der Waals surface area (Å²) in [7, 11) is 0. The molecule has 0 unspecified atom stereocenters. The molecule has 0 fully saturated rings. The van der Waals surface area contributed by atoms with Gasteiger partial charge in [-0.1, -0.05) is 0 Å². The van der Waals surface area contributed by atoms with Crippen LogP contribution in [0.5, 0.6) is 0 Å². The standard InChI is InChI=1S/Co.2O.Ru/q+3;;;. The number of hydrogen-bond acceptors (Lipinski definition) is 2. The molecule has 0 aromatic rings. The molecule has 26 valence electrons. The zero-order chi connectivity index (χ0) is 2.71. The molecule has 0 aliphatic carbocycles. The Kier molecular flexibility index (Phi) is 20.5. The van der Waals surface area contributed by atoms with Crippen molar-refractivity contribution >= 4 is 0 Å². The Labute approximate surface area is 41.3 Å². The molecule has 0 saturated carbocycles. The van der Waals surface area contributed by atoms with Gasteiger partial charge in [-0.2, -0.15) is 0 Å². The van der Waals surface area contributed by atoms with Crippen LogP contribution in [-0.4, -0.2) is 0 Å². The van der Waals surface area contributed by atoms with E-state index in [1.807, 2.05) is 0 Å². The molecule has 0 radical (unpaired) electrons. The molecule has 0 saturated heterocycles. The van der Waals surface area contributed by atoms with Gasteiger partial charge in [0.15, 0.2) is 0 Å². The van der Waals surface area contributed by atoms with Crippen molar-refractivity contribution < 1.29 is 41.0 Å². The van der Waals surface area contributed by atoms with Crippen molar-refractivity contribution in [1.29, 1.82) is 0 Å². The van der Waals surface area contributed by atoms with Gasteiger partial charge in [0.1, 0.15) is 0 Å². The molecule has 0 aliphatic heterocycles. The number of rotatable bonds is 0. The molecule has 0 spiro atoms. The Hall–Kier alpha value is 0.730. The van der Waals surface area contributed by atoms with Crippen LogP contribution in [0.25, 0.3) is 0 Å². The van der Waals surface area contributed by atoms with Gasteiger partial charge in [0.2, 0.25) is 0 Å². The first-order valence-corrected chi connectivity index (χ1v) is 1.71. The summed E-state index contributed by atoms with van der Waals surface area (Å²) in [4.78, 5) is 0. The Morgan fingerprint density at radius 2 is 1.25 bits per heavy atom. The van der Waals surface area contributed by atoms with Gasteiger partial charge in [0.25, 0.3) is 0 Å². The molecule has 0 N–H and O–H groups in total. The van der Waals surface area contributed by atoms with Crippen LogP contribution in [0.3, 0.4) is 0 Å². The topological polar surface area (TPSA) is 34.1 Å². The molecule has 0 aromatic heterocycles. The van der Waals surface area contributed by atoms with Gasteiger partial charge in [-0.3, -0.25) is 0 Å². The third kappa shape index (κ3) is 15.3. The summed E-state index contributed by atoms with van der Waals surface area (Å²) in [5.74, 6) is 0. The van der Waals surface area contributed by atoms with Crippen molar-refractivity contribution in [3.63, 3.8) is 0 Å². The Balaban J connectivity index is 0. The first-order valence-electron chi connectivity index (χ1n) is 0.289. The molecule has 0 aromatic carbocycles. The van der Waals surface area contributed by atoms with E-state index in [4.69, 9.17) is 7.15 Å². The quantitative estimate of drug-likeness (QED) is 0.496. The van der Waals surface area contributed by atoms with E-state index in [0.29, 0.717) is 0 Å². The molecule has 4 heteroatoms. The minimum absolute atomic E-state index is 0. The van der Waals surface area contributed by atoms with E-state index in [1.165, 1.54) is 0 Å². The van der Waals surface area contributed by atoms with Crippen LogP contribution in [0.15, 0.2) is 0 Å². The SMILES string of the molecule is [Co+3].[O]=[Ru]=[O]. The van der Waals surface area contributed by atoms with E-state index in [9.17, 15) is 0 Å². The van der Waals surface area contributed by atoms with Crippen molar-refractivity contribution in [2.45, 2.75) is 0 Å². The summed E-state index contributed by atoms with van der Waals surface area (Å²) in [5, 5.41) is 0. The van der Waals surface area contributed by atoms with E-state index in [0.717, 1.165) is 0 Å². The van der Waals surface area contributed by atoms with Crippen molar-refractivity contribution in [3.8, 4) is 0 Å². The van der Waals surface area contributed by atoms with E-state index < -0.39 is 17.0 Å². The third-order valence-electron chi connectivity index (χ3n) is 0. The predicted octanol–water partition coefficient (Wildman–Crippen LogP) is -0.243. The Bertz CT molecular complexity index is 27.0. The summed E-state index contributed by atoms with van der Waals surface area (Å²) in [6.07, 6.45) is 0. The molecule has 0 rings (SSSR count). The first-order chi connectivity index (χ1) is 1.41. The van der Waals surface area contributed by atoms with Gasteiger partial charge < -0.3 is 0 Å². The van der Waals surface area contributed by atoms with Crippen molar-refractivity contribution in [2.75, 3.05) is 0 Å². The molecule has 0 atom stereocenters. The van der Waals surface area contributed by atoms with Gasteiger partial charge in [-0.25, -0.2) is 0 Å². The monoisotopic (exact) mass is 193 g/mol. The molecular formula is CoO2Ru+3. The third-order valence-corrected chi connectivity index (χ3v) is 0. The first kappa shape index (κ1) is 8.83. The second kappa shape index (κ2) is 9.29. The van der Waals surface area contributed by atoms with Crippen LogP contribution < -0.4 is 0 Å². The number of hydrogen-bond donors (Lipinski definition) is 0. The van der Waals surface area contributed by atoms with Gasteiger partial charge >= 0.3 is 41.0 Å². The molecule has 0 amide bonds. The molecule has 4 heavy (non-hydrogen) atoms. The van der Waals surface area contributed by atoms with Crippen molar-refractivity contribution in [2.24, 2.45) is 0 Å². The van der Waals surface area contributed by atoms with Crippen LogP contribution in [-0.2, 0) is 41.0 Å². The van der Waals surface area contributed by atoms with Crippen molar-refractivity contribution in [1.82, 2.24) is 0 Å². The normalized spacial score (nSPS) is 4.00. The van der Waals surface area contributed by atoms with Crippen LogP contribution >= 0.6 is 0 Å². The van der Waals surface area contributed by atoms with Gasteiger partial charge in [-0.15, -0.1) is 0 Å². The maximum absolute atomic E-state index is 8.46. The zero-order valence-electron chi connectivity index (χ0n) is 1.50. The van der Waals surface area contributed by atoms with E-state index in [-0.39, 0.29) is 16.8 Å². The second-order valence-corrected chi connectivity index (χ2v) is 0.349. The second-order valence-electron chi connectivity index (χ2n) is 0.0589. The molecule has 0 aliphatic rings. The Morgan fingerprint density at radius 1 is 1.25 bits per heavy atom. The van der Waals surface area contributed by atoms with Gasteiger partial charge in [0, 0.05) is 0 Å². The van der Waals surface area contributed by atoms with Crippen LogP contribution in [0.1, 0.15) is 0 Å². The summed E-state index contributed by atoms with van der Waals surface area (Å²) in [6.45, 7) is 0. The maximum atomic E-state index is 8.46. The van der Waals surface area contributed by atoms with E-state index >= 15 is 0 Å². The summed E-state index contributed by atoms with van der Waals surface area (Å²) in [6, 6.07) is 0. The predicted molar refractivity (Wildman–Crippen MR) is 1.37 cm³/mol.